The van der Waals surface area contributed by atoms with Gasteiger partial charge >= 0.3 is 0 Å². The Kier molecular flexibility index (Phi) is 20.6. The fourth-order valence-electron chi connectivity index (χ4n) is 6.24. The molecule has 0 unspecified atom stereocenters. The highest BCUT2D eigenvalue weighted by Gasteiger charge is 2.42. The van der Waals surface area contributed by atoms with Gasteiger partial charge in [-0.2, -0.15) is 0 Å². The van der Waals surface area contributed by atoms with Crippen molar-refractivity contribution in [2.75, 3.05) is 27.7 Å². The molecule has 0 aliphatic heterocycles. The van der Waals surface area contributed by atoms with E-state index in [0.717, 1.165) is 12.8 Å². The van der Waals surface area contributed by atoms with E-state index in [2.05, 4.69) is 16.6 Å². The number of primary amides is 1. The predicted molar refractivity (Wildman–Crippen MR) is 195 cm³/mol. The lowest BCUT2D eigenvalue weighted by Gasteiger charge is -2.39. The molecule has 50 heavy (non-hydrogen) atoms. The Labute approximate surface area is 300 Å². The van der Waals surface area contributed by atoms with Crippen molar-refractivity contribution in [1.29, 1.82) is 0 Å². The van der Waals surface area contributed by atoms with Crippen LogP contribution in [0, 0.1) is 41.9 Å². The van der Waals surface area contributed by atoms with Gasteiger partial charge in [-0.25, -0.2) is 0 Å². The normalized spacial score (nSPS) is 16.1. The highest BCUT2D eigenvalue weighted by atomic mass is 16.3. The first-order valence-corrected chi connectivity index (χ1v) is 18.0. The molecule has 0 aromatic rings. The van der Waals surface area contributed by atoms with Gasteiger partial charge in [0.2, 0.25) is 35.4 Å². The van der Waals surface area contributed by atoms with E-state index in [1.54, 1.807) is 27.8 Å². The summed E-state index contributed by atoms with van der Waals surface area (Å²) in [5.41, 5.74) is 5.31. The van der Waals surface area contributed by atoms with E-state index >= 15 is 0 Å². The molecule has 8 atom stereocenters. The fourth-order valence-corrected chi connectivity index (χ4v) is 6.24. The molecule has 0 saturated carbocycles. The summed E-state index contributed by atoms with van der Waals surface area (Å²) in [5, 5.41) is 14.9. The van der Waals surface area contributed by atoms with Crippen molar-refractivity contribution in [2.24, 2.45) is 35.3 Å². The summed E-state index contributed by atoms with van der Waals surface area (Å²) in [7, 11) is 4.62. The molecule has 0 heterocycles. The van der Waals surface area contributed by atoms with E-state index in [4.69, 9.17) is 12.2 Å². The van der Waals surface area contributed by atoms with Crippen LogP contribution >= 0.6 is 0 Å². The van der Waals surface area contributed by atoms with Crippen LogP contribution < -0.4 is 16.4 Å². The quantitative estimate of drug-likeness (QED) is 0.0983. The highest BCUT2D eigenvalue weighted by Crippen LogP contribution is 2.23. The predicted octanol–water partition coefficient (Wildman–Crippen LogP) is 2.15. The Bertz CT molecular complexity index is 1190. The minimum Gasteiger partial charge on any atom is -0.394 e. The Balaban J connectivity index is 6.39. The maximum atomic E-state index is 14.1. The van der Waals surface area contributed by atoms with Crippen LogP contribution in [0.2, 0.25) is 0 Å². The van der Waals surface area contributed by atoms with Gasteiger partial charge in [-0.3, -0.25) is 28.8 Å². The number of nitrogens with two attached hydrogens (primary N) is 1. The van der Waals surface area contributed by atoms with Crippen molar-refractivity contribution in [2.45, 2.75) is 131 Å². The lowest BCUT2D eigenvalue weighted by molar-refractivity contribution is -0.152. The standard InChI is InChI=1S/C37H66N6O7/c1-14-17-18-19-20-26(10)35(48)42(12)30(23(6)7)37(50)41(11)29(22(4)5)33(46)40-28(24(8)15-2)36(49)43(13)31(25(9)16-3)34(47)39-27(21-44)32(38)45/h1,22-31,44H,15-21H2,2-13H3,(H2,38,45)(H,39,47)(H,40,46)/t24-,25-,26-,27+,28+,29+,30+,31+/m1/s1. The Morgan fingerprint density at radius 1 is 0.700 bits per heavy atom. The zero-order chi connectivity index (χ0) is 39.0. The summed E-state index contributed by atoms with van der Waals surface area (Å²) in [5.74, 6) is -2.22. The molecule has 0 spiro atoms. The fraction of sp³-hybridized carbons (Fsp3) is 0.784. The number of aliphatic hydroxyl groups is 1. The summed E-state index contributed by atoms with van der Waals surface area (Å²) in [6.45, 7) is 15.8. The van der Waals surface area contributed by atoms with Crippen molar-refractivity contribution >= 4 is 35.4 Å². The molecule has 0 aliphatic carbocycles. The SMILES string of the molecule is C#CCCCC[C@@H](C)C(=O)N(C)[C@H](C(=O)N(C)[C@H](C(=O)N[C@H](C(=O)N(C)[C@H](C(=O)N[C@@H](CO)C(N)=O)[C@H](C)CC)[C@H](C)CC)C(C)C)C(C)C. The molecule has 0 radical (unpaired) electrons. The summed E-state index contributed by atoms with van der Waals surface area (Å²) >= 11 is 0. The number of hydrogen-bond donors (Lipinski definition) is 4. The second-order valence-electron chi connectivity index (χ2n) is 14.4. The highest BCUT2D eigenvalue weighted by molar-refractivity contribution is 5.96. The minimum absolute atomic E-state index is 0.164. The number of rotatable bonds is 22. The van der Waals surface area contributed by atoms with Crippen LogP contribution in [0.5, 0.6) is 0 Å². The van der Waals surface area contributed by atoms with E-state index < -0.39 is 66.4 Å². The third kappa shape index (κ3) is 12.9. The minimum atomic E-state index is -1.33. The first-order valence-electron chi connectivity index (χ1n) is 18.0. The summed E-state index contributed by atoms with van der Waals surface area (Å²) < 4.78 is 0. The molecular formula is C37H66N6O7. The number of nitrogens with zero attached hydrogens (tertiary/aromatic N) is 3. The molecule has 286 valence electrons. The monoisotopic (exact) mass is 706 g/mol. The summed E-state index contributed by atoms with van der Waals surface area (Å²) in [6, 6.07) is -5.21. The van der Waals surface area contributed by atoms with Gasteiger partial charge in [0, 0.05) is 33.5 Å². The van der Waals surface area contributed by atoms with E-state index in [9.17, 15) is 33.9 Å². The van der Waals surface area contributed by atoms with Gasteiger partial charge in [0.25, 0.3) is 0 Å². The first kappa shape index (κ1) is 46.3. The number of aliphatic hydroxyl groups excluding tert-OH is 1. The van der Waals surface area contributed by atoms with Crippen LogP contribution in [-0.2, 0) is 28.8 Å². The average Bonchev–Trinajstić information content (AvgIpc) is 3.05. The van der Waals surface area contributed by atoms with Crippen molar-refractivity contribution in [1.82, 2.24) is 25.3 Å². The largest absolute Gasteiger partial charge is 0.394 e. The molecule has 0 aliphatic rings. The van der Waals surface area contributed by atoms with Crippen LogP contribution in [0.1, 0.15) is 101 Å². The van der Waals surface area contributed by atoms with Crippen LogP contribution in [0.25, 0.3) is 0 Å². The molecule has 0 aromatic carbocycles. The molecule has 5 N–H and O–H groups in total. The summed E-state index contributed by atoms with van der Waals surface area (Å²) in [4.78, 5) is 84.9. The topological polar surface area (TPSA) is 182 Å². The van der Waals surface area contributed by atoms with Crippen LogP contribution in [0.15, 0.2) is 0 Å². The average molecular weight is 707 g/mol. The first-order chi connectivity index (χ1) is 23.2. The van der Waals surface area contributed by atoms with Gasteiger partial charge in [0.15, 0.2) is 0 Å². The number of nitrogens with one attached hydrogen (secondary N) is 2. The molecular weight excluding hydrogens is 640 g/mol. The third-order valence-electron chi connectivity index (χ3n) is 9.78. The molecule has 0 saturated heterocycles. The van der Waals surface area contributed by atoms with Crippen molar-refractivity contribution in [3.05, 3.63) is 0 Å². The summed E-state index contributed by atoms with van der Waals surface area (Å²) in [6.07, 6.45) is 9.28. The van der Waals surface area contributed by atoms with Gasteiger partial charge in [0.1, 0.15) is 30.2 Å². The Hall–Kier alpha value is -3.66. The van der Waals surface area contributed by atoms with Crippen LogP contribution in [0.4, 0.5) is 0 Å². The zero-order valence-electron chi connectivity index (χ0n) is 32.6. The van der Waals surface area contributed by atoms with Gasteiger partial charge in [0.05, 0.1) is 6.61 Å². The number of unbranched alkanes of at least 4 members (excludes halogenated alkanes) is 2. The van der Waals surface area contributed by atoms with Gasteiger partial charge in [-0.15, -0.1) is 12.3 Å². The number of carbonyl (C=O) groups is 6. The lowest BCUT2D eigenvalue weighted by Crippen LogP contribution is -2.62. The van der Waals surface area contributed by atoms with Crippen LogP contribution in [0.3, 0.4) is 0 Å². The molecule has 0 aromatic heterocycles. The molecule has 0 fully saturated rings. The molecule has 0 bridgehead atoms. The molecule has 13 heteroatoms. The maximum absolute atomic E-state index is 14.1. The van der Waals surface area contributed by atoms with Crippen LogP contribution in [-0.4, -0.2) is 113 Å². The second-order valence-corrected chi connectivity index (χ2v) is 14.4. The van der Waals surface area contributed by atoms with E-state index in [1.807, 2.05) is 41.5 Å². The molecule has 0 rings (SSSR count). The smallest absolute Gasteiger partial charge is 0.246 e. The third-order valence-corrected chi connectivity index (χ3v) is 9.78. The van der Waals surface area contributed by atoms with Gasteiger partial charge < -0.3 is 36.2 Å². The lowest BCUT2D eigenvalue weighted by atomic mass is 9.92. The number of terminal acetylenes is 1. The van der Waals surface area contributed by atoms with Crippen molar-refractivity contribution < 1.29 is 33.9 Å². The second kappa shape index (κ2) is 22.2. The van der Waals surface area contributed by atoms with E-state index in [-0.39, 0.29) is 35.5 Å². The zero-order valence-corrected chi connectivity index (χ0v) is 32.6. The number of amides is 6. The van der Waals surface area contributed by atoms with Crippen molar-refractivity contribution in [3.63, 3.8) is 0 Å². The maximum Gasteiger partial charge on any atom is 0.246 e. The Morgan fingerprint density at radius 2 is 1.18 bits per heavy atom. The van der Waals surface area contributed by atoms with E-state index in [0.29, 0.717) is 25.7 Å². The van der Waals surface area contributed by atoms with Gasteiger partial charge in [-0.05, 0) is 36.5 Å². The van der Waals surface area contributed by atoms with Crippen molar-refractivity contribution in [3.8, 4) is 12.3 Å². The van der Waals surface area contributed by atoms with Gasteiger partial charge in [-0.1, -0.05) is 81.6 Å². The molecule has 13 nitrogen and oxygen atoms in total. The number of likely N-dealkylation sites (N-methyl/N-ethyl adjacent to an activating group) is 3. The number of carbonyl (C=O) groups excluding carboxylic acids is 6. The Morgan fingerprint density at radius 3 is 1.62 bits per heavy atom. The molecule has 6 amide bonds. The van der Waals surface area contributed by atoms with E-state index in [1.165, 1.54) is 28.8 Å². The number of hydrogen-bond acceptors (Lipinski definition) is 7.